The number of nitrogens with zero attached hydrogens (tertiary/aromatic N) is 2. The number of hydrogen-bond acceptors (Lipinski definition) is 2. The molecule has 1 amide bonds. The molecule has 1 aromatic heterocycles. The maximum atomic E-state index is 12.9. The Balaban J connectivity index is 1.58. The fourth-order valence-corrected chi connectivity index (χ4v) is 5.09. The van der Waals surface area contributed by atoms with Crippen LogP contribution in [0.25, 0.3) is 10.9 Å². The van der Waals surface area contributed by atoms with Crippen molar-refractivity contribution in [1.82, 2.24) is 9.47 Å². The van der Waals surface area contributed by atoms with E-state index in [0.717, 1.165) is 28.8 Å². The first-order valence-electron chi connectivity index (χ1n) is 8.03. The summed E-state index contributed by atoms with van der Waals surface area (Å²) in [4.78, 5) is 14.9. The van der Waals surface area contributed by atoms with Gasteiger partial charge in [0.05, 0.1) is 0 Å². The lowest BCUT2D eigenvalue weighted by Crippen LogP contribution is -2.33. The summed E-state index contributed by atoms with van der Waals surface area (Å²) in [6.07, 6.45) is 1.97. The van der Waals surface area contributed by atoms with Crippen molar-refractivity contribution >= 4 is 51.8 Å². The van der Waals surface area contributed by atoms with E-state index in [1.54, 1.807) is 17.8 Å². The molecule has 1 unspecified atom stereocenters. The number of thioether (sulfide) groups is 1. The standard InChI is InChI=1S/C19H16Cl2N2OS/c20-14-5-6-15(16(21)11-14)19-23(9-10-25-19)18(24)12-22-8-7-13-3-1-2-4-17(13)22/h1-8,11,19H,9-10,12H2. The van der Waals surface area contributed by atoms with Gasteiger partial charge in [0.15, 0.2) is 0 Å². The van der Waals surface area contributed by atoms with Crippen molar-refractivity contribution in [3.05, 3.63) is 70.3 Å². The van der Waals surface area contributed by atoms with Gasteiger partial charge in [-0.1, -0.05) is 47.5 Å². The normalized spacial score (nSPS) is 17.4. The number of carbonyl (C=O) groups is 1. The van der Waals surface area contributed by atoms with Crippen LogP contribution in [0.15, 0.2) is 54.7 Å². The Kier molecular flexibility index (Phi) is 4.67. The molecule has 0 saturated carbocycles. The van der Waals surface area contributed by atoms with E-state index in [1.165, 1.54) is 0 Å². The van der Waals surface area contributed by atoms with Crippen LogP contribution in [0.3, 0.4) is 0 Å². The summed E-state index contributed by atoms with van der Waals surface area (Å²) in [5.41, 5.74) is 2.02. The van der Waals surface area contributed by atoms with Crippen LogP contribution in [0.5, 0.6) is 0 Å². The molecule has 3 aromatic rings. The predicted molar refractivity (Wildman–Crippen MR) is 105 cm³/mol. The number of para-hydroxylation sites is 1. The molecule has 1 atom stereocenters. The van der Waals surface area contributed by atoms with Gasteiger partial charge in [-0.3, -0.25) is 4.79 Å². The van der Waals surface area contributed by atoms with Crippen LogP contribution < -0.4 is 0 Å². The van der Waals surface area contributed by atoms with Gasteiger partial charge in [-0.15, -0.1) is 11.8 Å². The number of fused-ring (bicyclic) bond motifs is 1. The topological polar surface area (TPSA) is 25.2 Å². The van der Waals surface area contributed by atoms with Gasteiger partial charge in [0, 0.05) is 39.6 Å². The summed E-state index contributed by atoms with van der Waals surface area (Å²) in [6.45, 7) is 1.06. The predicted octanol–water partition coefficient (Wildman–Crippen LogP) is 5.22. The van der Waals surface area contributed by atoms with Crippen molar-refractivity contribution in [1.29, 1.82) is 0 Å². The number of aromatic nitrogens is 1. The average Bonchev–Trinajstić information content (AvgIpc) is 3.22. The number of rotatable bonds is 3. The molecule has 0 radical (unpaired) electrons. The summed E-state index contributed by atoms with van der Waals surface area (Å²) in [5, 5.41) is 2.30. The third-order valence-corrected chi connectivity index (χ3v) is 6.23. The highest BCUT2D eigenvalue weighted by Gasteiger charge is 2.32. The van der Waals surface area contributed by atoms with Crippen molar-refractivity contribution in [2.24, 2.45) is 0 Å². The molecular formula is C19H16Cl2N2OS. The highest BCUT2D eigenvalue weighted by Crippen LogP contribution is 2.41. The molecule has 25 heavy (non-hydrogen) atoms. The van der Waals surface area contributed by atoms with Crippen LogP contribution in [-0.4, -0.2) is 27.7 Å². The van der Waals surface area contributed by atoms with E-state index in [1.807, 2.05) is 52.1 Å². The van der Waals surface area contributed by atoms with Gasteiger partial charge >= 0.3 is 0 Å². The van der Waals surface area contributed by atoms with Crippen molar-refractivity contribution in [3.63, 3.8) is 0 Å². The van der Waals surface area contributed by atoms with Crippen LogP contribution in [0.2, 0.25) is 10.0 Å². The van der Waals surface area contributed by atoms with E-state index in [0.29, 0.717) is 16.6 Å². The second-order valence-electron chi connectivity index (χ2n) is 5.98. The lowest BCUT2D eigenvalue weighted by Gasteiger charge is -2.25. The van der Waals surface area contributed by atoms with E-state index >= 15 is 0 Å². The maximum Gasteiger partial charge on any atom is 0.243 e. The highest BCUT2D eigenvalue weighted by molar-refractivity contribution is 7.99. The van der Waals surface area contributed by atoms with Crippen molar-refractivity contribution < 1.29 is 4.79 Å². The average molecular weight is 391 g/mol. The molecule has 2 aromatic carbocycles. The van der Waals surface area contributed by atoms with Crippen LogP contribution in [-0.2, 0) is 11.3 Å². The summed E-state index contributed by atoms with van der Waals surface area (Å²) < 4.78 is 2.00. The number of hydrogen-bond donors (Lipinski definition) is 0. The Hall–Kier alpha value is -1.62. The third kappa shape index (κ3) is 3.26. The van der Waals surface area contributed by atoms with Gasteiger partial charge < -0.3 is 9.47 Å². The largest absolute Gasteiger partial charge is 0.338 e. The number of carbonyl (C=O) groups excluding carboxylic acids is 1. The maximum absolute atomic E-state index is 12.9. The molecule has 0 spiro atoms. The molecule has 1 fully saturated rings. The minimum Gasteiger partial charge on any atom is -0.338 e. The van der Waals surface area contributed by atoms with E-state index in [-0.39, 0.29) is 11.3 Å². The van der Waals surface area contributed by atoms with Gasteiger partial charge in [-0.25, -0.2) is 0 Å². The minimum absolute atomic E-state index is 0.0564. The molecular weight excluding hydrogens is 375 g/mol. The monoisotopic (exact) mass is 390 g/mol. The third-order valence-electron chi connectivity index (χ3n) is 4.43. The Labute approximate surface area is 160 Å². The number of benzene rings is 2. The molecule has 1 aliphatic rings. The van der Waals surface area contributed by atoms with E-state index < -0.39 is 0 Å². The molecule has 3 nitrogen and oxygen atoms in total. The van der Waals surface area contributed by atoms with Crippen molar-refractivity contribution in [2.45, 2.75) is 11.9 Å². The van der Waals surface area contributed by atoms with Crippen molar-refractivity contribution in [2.75, 3.05) is 12.3 Å². The first kappa shape index (κ1) is 16.8. The fraction of sp³-hybridized carbons (Fsp3) is 0.211. The van der Waals surface area contributed by atoms with Crippen LogP contribution >= 0.6 is 35.0 Å². The van der Waals surface area contributed by atoms with Crippen LogP contribution in [0.4, 0.5) is 0 Å². The molecule has 1 saturated heterocycles. The molecule has 1 aliphatic heterocycles. The molecule has 0 aliphatic carbocycles. The second-order valence-corrected chi connectivity index (χ2v) is 8.01. The SMILES string of the molecule is O=C(Cn1ccc2ccccc21)N1CCSC1c1ccc(Cl)cc1Cl. The summed E-state index contributed by atoms with van der Waals surface area (Å²) in [7, 11) is 0. The second kappa shape index (κ2) is 6.94. The lowest BCUT2D eigenvalue weighted by molar-refractivity contribution is -0.131. The van der Waals surface area contributed by atoms with Crippen molar-refractivity contribution in [3.8, 4) is 0 Å². The highest BCUT2D eigenvalue weighted by atomic mass is 35.5. The van der Waals surface area contributed by atoms with E-state index in [4.69, 9.17) is 23.2 Å². The molecule has 6 heteroatoms. The molecule has 4 rings (SSSR count). The molecule has 0 N–H and O–H groups in total. The van der Waals surface area contributed by atoms with Gasteiger partial charge in [0.1, 0.15) is 11.9 Å². The van der Waals surface area contributed by atoms with Gasteiger partial charge in [-0.05, 0) is 29.7 Å². The Morgan fingerprint density at radius 2 is 2.00 bits per heavy atom. The Bertz CT molecular complexity index is 940. The van der Waals surface area contributed by atoms with Crippen LogP contribution in [0, 0.1) is 0 Å². The quantitative estimate of drug-likeness (QED) is 0.612. The first-order chi connectivity index (χ1) is 12.1. The van der Waals surface area contributed by atoms with Gasteiger partial charge in [-0.2, -0.15) is 0 Å². The molecule has 0 bridgehead atoms. The number of amides is 1. The molecule has 2 heterocycles. The van der Waals surface area contributed by atoms with E-state index in [9.17, 15) is 4.79 Å². The number of halogens is 2. The summed E-state index contributed by atoms with van der Waals surface area (Å²) in [5.74, 6) is 1.00. The Morgan fingerprint density at radius 3 is 2.84 bits per heavy atom. The minimum atomic E-state index is -0.0564. The van der Waals surface area contributed by atoms with Gasteiger partial charge in [0.25, 0.3) is 0 Å². The zero-order valence-electron chi connectivity index (χ0n) is 13.4. The Morgan fingerprint density at radius 1 is 1.16 bits per heavy atom. The van der Waals surface area contributed by atoms with Crippen LogP contribution in [0.1, 0.15) is 10.9 Å². The summed E-state index contributed by atoms with van der Waals surface area (Å²) in [6, 6.07) is 15.6. The smallest absolute Gasteiger partial charge is 0.243 e. The van der Waals surface area contributed by atoms with E-state index in [2.05, 4.69) is 6.07 Å². The van der Waals surface area contributed by atoms with Gasteiger partial charge in [0.2, 0.25) is 5.91 Å². The summed E-state index contributed by atoms with van der Waals surface area (Å²) >= 11 is 14.1. The lowest BCUT2D eigenvalue weighted by atomic mass is 10.2. The fourth-order valence-electron chi connectivity index (χ4n) is 3.20. The zero-order valence-corrected chi connectivity index (χ0v) is 15.7. The first-order valence-corrected chi connectivity index (χ1v) is 9.84. The zero-order chi connectivity index (χ0) is 17.4. The molecule has 128 valence electrons.